The highest BCUT2D eigenvalue weighted by Crippen LogP contribution is 2.32. The van der Waals surface area contributed by atoms with Crippen LogP contribution < -0.4 is 10.6 Å². The number of carbonyl (C=O) groups excluding carboxylic acids is 1. The standard InChI is InChI=1S/C14H24N2O3/c1-9-3-5-14(6-4-9,13(18)19)16-12(17)10(2)11-7-15-8-11/h9-11,15H,3-8H2,1-2H3,(H,16,17)(H,18,19). The quantitative estimate of drug-likeness (QED) is 0.710. The van der Waals surface area contributed by atoms with Gasteiger partial charge in [0, 0.05) is 5.92 Å². The zero-order chi connectivity index (χ0) is 14.0. The lowest BCUT2D eigenvalue weighted by molar-refractivity contribution is -0.150. The summed E-state index contributed by atoms with van der Waals surface area (Å²) in [4.78, 5) is 23.8. The van der Waals surface area contributed by atoms with Crippen molar-refractivity contribution < 1.29 is 14.7 Å². The average Bonchev–Trinajstić information content (AvgIpc) is 2.29. The Morgan fingerprint density at radius 3 is 2.32 bits per heavy atom. The first-order valence-electron chi connectivity index (χ1n) is 7.21. The molecule has 5 heteroatoms. The Bertz CT molecular complexity index is 358. The highest BCUT2D eigenvalue weighted by Gasteiger charge is 2.44. The van der Waals surface area contributed by atoms with Crippen LogP contribution in [0.4, 0.5) is 0 Å². The number of rotatable bonds is 4. The van der Waals surface area contributed by atoms with Crippen LogP contribution in [0.2, 0.25) is 0 Å². The van der Waals surface area contributed by atoms with Gasteiger partial charge in [-0.2, -0.15) is 0 Å². The molecule has 1 aliphatic carbocycles. The van der Waals surface area contributed by atoms with Gasteiger partial charge in [-0.15, -0.1) is 0 Å². The predicted molar refractivity (Wildman–Crippen MR) is 71.7 cm³/mol. The van der Waals surface area contributed by atoms with Crippen molar-refractivity contribution in [2.45, 2.75) is 45.1 Å². The zero-order valence-corrected chi connectivity index (χ0v) is 11.7. The summed E-state index contributed by atoms with van der Waals surface area (Å²) in [7, 11) is 0. The van der Waals surface area contributed by atoms with Gasteiger partial charge >= 0.3 is 5.97 Å². The van der Waals surface area contributed by atoms with Crippen molar-refractivity contribution in [1.82, 2.24) is 10.6 Å². The van der Waals surface area contributed by atoms with Gasteiger partial charge < -0.3 is 15.7 Å². The second-order valence-electron chi connectivity index (χ2n) is 6.27. The summed E-state index contributed by atoms with van der Waals surface area (Å²) >= 11 is 0. The van der Waals surface area contributed by atoms with E-state index in [1.807, 2.05) is 6.92 Å². The summed E-state index contributed by atoms with van der Waals surface area (Å²) in [6.45, 7) is 5.73. The number of aliphatic carboxylic acids is 1. The predicted octanol–water partition coefficient (Wildman–Crippen LogP) is 0.992. The van der Waals surface area contributed by atoms with E-state index in [0.29, 0.717) is 24.7 Å². The number of carbonyl (C=O) groups is 2. The molecule has 1 unspecified atom stereocenters. The molecule has 1 atom stereocenters. The van der Waals surface area contributed by atoms with Crippen LogP contribution in [0.1, 0.15) is 39.5 Å². The van der Waals surface area contributed by atoms with Gasteiger partial charge in [0.25, 0.3) is 0 Å². The molecule has 0 radical (unpaired) electrons. The Labute approximate surface area is 114 Å². The van der Waals surface area contributed by atoms with E-state index < -0.39 is 11.5 Å². The molecule has 0 spiro atoms. The van der Waals surface area contributed by atoms with Crippen LogP contribution >= 0.6 is 0 Å². The number of hydrogen-bond acceptors (Lipinski definition) is 3. The van der Waals surface area contributed by atoms with Gasteiger partial charge in [-0.05, 0) is 50.6 Å². The van der Waals surface area contributed by atoms with E-state index in [9.17, 15) is 14.7 Å². The second kappa shape index (κ2) is 5.49. The largest absolute Gasteiger partial charge is 0.480 e. The van der Waals surface area contributed by atoms with Gasteiger partial charge in [0.2, 0.25) is 5.91 Å². The summed E-state index contributed by atoms with van der Waals surface area (Å²) in [5.41, 5.74) is -1.03. The maximum Gasteiger partial charge on any atom is 0.329 e. The van der Waals surface area contributed by atoms with Crippen LogP contribution in [0.15, 0.2) is 0 Å². The van der Waals surface area contributed by atoms with Gasteiger partial charge in [-0.25, -0.2) is 4.79 Å². The van der Waals surface area contributed by atoms with Gasteiger partial charge in [0.05, 0.1) is 0 Å². The molecular formula is C14H24N2O3. The van der Waals surface area contributed by atoms with Crippen molar-refractivity contribution in [2.24, 2.45) is 17.8 Å². The first-order valence-corrected chi connectivity index (χ1v) is 7.21. The van der Waals surface area contributed by atoms with Crippen molar-refractivity contribution in [3.8, 4) is 0 Å². The van der Waals surface area contributed by atoms with Crippen molar-refractivity contribution in [3.63, 3.8) is 0 Å². The van der Waals surface area contributed by atoms with Crippen LogP contribution in [0.5, 0.6) is 0 Å². The molecule has 1 heterocycles. The lowest BCUT2D eigenvalue weighted by atomic mass is 9.76. The molecule has 2 aliphatic rings. The Morgan fingerprint density at radius 2 is 1.89 bits per heavy atom. The summed E-state index contributed by atoms with van der Waals surface area (Å²) in [6, 6.07) is 0. The van der Waals surface area contributed by atoms with E-state index in [1.165, 1.54) is 0 Å². The summed E-state index contributed by atoms with van der Waals surface area (Å²) in [5, 5.41) is 15.5. The molecule has 2 rings (SSSR count). The molecule has 5 nitrogen and oxygen atoms in total. The molecule has 1 saturated carbocycles. The molecule has 1 aliphatic heterocycles. The zero-order valence-electron chi connectivity index (χ0n) is 11.7. The molecule has 1 amide bonds. The second-order valence-corrected chi connectivity index (χ2v) is 6.27. The van der Waals surface area contributed by atoms with E-state index in [2.05, 4.69) is 17.6 Å². The number of carboxylic acid groups (broad SMARTS) is 1. The molecule has 19 heavy (non-hydrogen) atoms. The number of nitrogens with one attached hydrogen (secondary N) is 2. The van der Waals surface area contributed by atoms with Crippen molar-refractivity contribution in [2.75, 3.05) is 13.1 Å². The fraction of sp³-hybridized carbons (Fsp3) is 0.857. The van der Waals surface area contributed by atoms with Crippen LogP contribution in [-0.4, -0.2) is 35.6 Å². The Balaban J connectivity index is 2.00. The number of hydrogen-bond donors (Lipinski definition) is 3. The fourth-order valence-corrected chi connectivity index (χ4v) is 2.88. The Morgan fingerprint density at radius 1 is 1.32 bits per heavy atom. The third kappa shape index (κ3) is 2.91. The van der Waals surface area contributed by atoms with Crippen molar-refractivity contribution >= 4 is 11.9 Å². The van der Waals surface area contributed by atoms with Gasteiger partial charge in [0.15, 0.2) is 0 Å². The third-order valence-corrected chi connectivity index (χ3v) is 4.83. The molecule has 0 aromatic rings. The average molecular weight is 268 g/mol. The minimum Gasteiger partial charge on any atom is -0.480 e. The first-order chi connectivity index (χ1) is 8.94. The number of carboxylic acids is 1. The molecular weight excluding hydrogens is 244 g/mol. The van der Waals surface area contributed by atoms with Gasteiger partial charge in [-0.1, -0.05) is 13.8 Å². The van der Waals surface area contributed by atoms with E-state index >= 15 is 0 Å². The van der Waals surface area contributed by atoms with Gasteiger partial charge in [-0.3, -0.25) is 4.79 Å². The smallest absolute Gasteiger partial charge is 0.329 e. The highest BCUT2D eigenvalue weighted by molar-refractivity contribution is 5.88. The van der Waals surface area contributed by atoms with Crippen molar-refractivity contribution in [3.05, 3.63) is 0 Å². The fourth-order valence-electron chi connectivity index (χ4n) is 2.88. The summed E-state index contributed by atoms with van der Waals surface area (Å²) in [6.07, 6.45) is 2.83. The van der Waals surface area contributed by atoms with Crippen LogP contribution in [0.3, 0.4) is 0 Å². The highest BCUT2D eigenvalue weighted by atomic mass is 16.4. The summed E-state index contributed by atoms with van der Waals surface area (Å²) < 4.78 is 0. The molecule has 3 N–H and O–H groups in total. The molecule has 0 aromatic carbocycles. The van der Waals surface area contributed by atoms with E-state index in [1.54, 1.807) is 0 Å². The van der Waals surface area contributed by atoms with E-state index in [4.69, 9.17) is 0 Å². The maximum absolute atomic E-state index is 12.2. The monoisotopic (exact) mass is 268 g/mol. The maximum atomic E-state index is 12.2. The molecule has 0 aromatic heterocycles. The molecule has 108 valence electrons. The van der Waals surface area contributed by atoms with Crippen LogP contribution in [-0.2, 0) is 9.59 Å². The normalized spacial score (nSPS) is 33.3. The van der Waals surface area contributed by atoms with E-state index in [0.717, 1.165) is 25.9 Å². The minimum atomic E-state index is -1.03. The minimum absolute atomic E-state index is 0.108. The van der Waals surface area contributed by atoms with Crippen LogP contribution in [0, 0.1) is 17.8 Å². The molecule has 2 fully saturated rings. The lowest BCUT2D eigenvalue weighted by Gasteiger charge is -2.39. The lowest BCUT2D eigenvalue weighted by Crippen LogP contribution is -2.59. The van der Waals surface area contributed by atoms with Crippen molar-refractivity contribution in [1.29, 1.82) is 0 Å². The summed E-state index contributed by atoms with van der Waals surface area (Å²) in [5.74, 6) is -0.210. The van der Waals surface area contributed by atoms with E-state index in [-0.39, 0.29) is 11.8 Å². The Hall–Kier alpha value is -1.10. The van der Waals surface area contributed by atoms with Gasteiger partial charge in [0.1, 0.15) is 5.54 Å². The third-order valence-electron chi connectivity index (χ3n) is 4.83. The number of amides is 1. The topological polar surface area (TPSA) is 78.4 Å². The van der Waals surface area contributed by atoms with Crippen LogP contribution in [0.25, 0.3) is 0 Å². The SMILES string of the molecule is CC1CCC(NC(=O)C(C)C2CNC2)(C(=O)O)CC1. The first kappa shape index (κ1) is 14.3. The molecule has 1 saturated heterocycles. The molecule has 0 bridgehead atoms. The Kier molecular flexibility index (Phi) is 4.13.